The highest BCUT2D eigenvalue weighted by Gasteiger charge is 2.36. The average Bonchev–Trinajstić information content (AvgIpc) is 3.94. The first-order chi connectivity index (χ1) is 29.5. The summed E-state index contributed by atoms with van der Waals surface area (Å²) in [5.74, 6) is 0. The van der Waals surface area contributed by atoms with Gasteiger partial charge in [0, 0.05) is 32.8 Å². The van der Waals surface area contributed by atoms with Crippen LogP contribution in [0, 0.1) is 0 Å². The van der Waals surface area contributed by atoms with E-state index in [9.17, 15) is 0 Å². The van der Waals surface area contributed by atoms with Crippen molar-refractivity contribution in [3.63, 3.8) is 0 Å². The van der Waals surface area contributed by atoms with Gasteiger partial charge in [0.05, 0.1) is 16.8 Å². The van der Waals surface area contributed by atoms with Gasteiger partial charge in [0.2, 0.25) is 0 Å². The molecule has 60 heavy (non-hydrogen) atoms. The van der Waals surface area contributed by atoms with E-state index in [0.29, 0.717) is 0 Å². The molecule has 0 amide bonds. The number of fused-ring (bicyclic) bond motifs is 13. The van der Waals surface area contributed by atoms with Gasteiger partial charge in [0.1, 0.15) is 16.7 Å². The van der Waals surface area contributed by atoms with Crippen LogP contribution in [0.1, 0.15) is 25.0 Å². The highest BCUT2D eigenvalue weighted by Crippen LogP contribution is 2.53. The fourth-order valence-corrected chi connectivity index (χ4v) is 10.5. The highest BCUT2D eigenvalue weighted by atomic mass is 16.3. The molecule has 10 aromatic carbocycles. The van der Waals surface area contributed by atoms with Crippen molar-refractivity contribution < 1.29 is 8.83 Å². The molecule has 0 saturated heterocycles. The molecule has 13 rings (SSSR count). The molecule has 0 unspecified atom stereocenters. The van der Waals surface area contributed by atoms with E-state index >= 15 is 0 Å². The van der Waals surface area contributed by atoms with Crippen LogP contribution in [0.25, 0.3) is 98.4 Å². The first-order valence-corrected chi connectivity index (χ1v) is 20.8. The molecule has 0 radical (unpaired) electrons. The van der Waals surface area contributed by atoms with Gasteiger partial charge in [-0.2, -0.15) is 0 Å². The summed E-state index contributed by atoms with van der Waals surface area (Å²) in [6, 6.07) is 68.1. The molecule has 282 valence electrons. The van der Waals surface area contributed by atoms with Crippen molar-refractivity contribution in [2.45, 2.75) is 19.3 Å². The van der Waals surface area contributed by atoms with Crippen LogP contribution >= 0.6 is 0 Å². The molecule has 0 saturated carbocycles. The van der Waals surface area contributed by atoms with Gasteiger partial charge < -0.3 is 13.7 Å². The molecule has 1 aliphatic rings. The number of furan rings is 2. The van der Waals surface area contributed by atoms with Crippen molar-refractivity contribution in [2.24, 2.45) is 0 Å². The Bertz CT molecular complexity index is 3770. The number of hydrogen-bond donors (Lipinski definition) is 0. The number of rotatable bonds is 4. The summed E-state index contributed by atoms with van der Waals surface area (Å²) in [6.07, 6.45) is 0. The van der Waals surface area contributed by atoms with Gasteiger partial charge in [-0.25, -0.2) is 0 Å². The second-order valence-electron chi connectivity index (χ2n) is 16.8. The monoisotopic (exact) mass is 767 g/mol. The summed E-state index contributed by atoms with van der Waals surface area (Å²) in [4.78, 5) is 2.40. The van der Waals surface area contributed by atoms with Gasteiger partial charge in [0.25, 0.3) is 0 Å². The quantitative estimate of drug-likeness (QED) is 0.167. The SMILES string of the molecule is CC1(C)c2ccccc2-c2ccc(N(c3cccc4c3oc3ccccc34)c3cccc4oc5c(-c6cc7ccccc7c7ccccc67)c6ccccc6cc5c34)cc21. The van der Waals surface area contributed by atoms with Crippen molar-refractivity contribution in [1.29, 1.82) is 0 Å². The van der Waals surface area contributed by atoms with E-state index in [0.717, 1.165) is 82.8 Å². The number of hydrogen-bond acceptors (Lipinski definition) is 3. The minimum absolute atomic E-state index is 0.177. The molecule has 0 fully saturated rings. The second-order valence-corrected chi connectivity index (χ2v) is 16.8. The molecule has 0 atom stereocenters. The van der Waals surface area contributed by atoms with Gasteiger partial charge in [-0.15, -0.1) is 0 Å². The summed E-state index contributed by atoms with van der Waals surface area (Å²) in [5.41, 5.74) is 13.8. The summed E-state index contributed by atoms with van der Waals surface area (Å²) in [6.45, 7) is 4.69. The van der Waals surface area contributed by atoms with Gasteiger partial charge in [-0.1, -0.05) is 153 Å². The molecule has 12 aromatic rings. The van der Waals surface area contributed by atoms with E-state index in [1.54, 1.807) is 0 Å². The van der Waals surface area contributed by atoms with Crippen molar-refractivity contribution in [3.8, 4) is 22.3 Å². The van der Waals surface area contributed by atoms with Gasteiger partial charge in [-0.3, -0.25) is 0 Å². The Morgan fingerprint density at radius 1 is 0.383 bits per heavy atom. The Hall–Kier alpha value is -7.62. The molecule has 1 aliphatic carbocycles. The lowest BCUT2D eigenvalue weighted by molar-refractivity contribution is 0.660. The zero-order chi connectivity index (χ0) is 39.7. The van der Waals surface area contributed by atoms with Gasteiger partial charge in [0.15, 0.2) is 5.58 Å². The van der Waals surface area contributed by atoms with Crippen molar-refractivity contribution in [1.82, 2.24) is 0 Å². The minimum atomic E-state index is -0.177. The molecule has 0 spiro atoms. The maximum absolute atomic E-state index is 7.20. The third-order valence-electron chi connectivity index (χ3n) is 13.2. The normalized spacial score (nSPS) is 13.3. The maximum atomic E-state index is 7.20. The smallest absolute Gasteiger partial charge is 0.159 e. The third-order valence-corrected chi connectivity index (χ3v) is 13.2. The lowest BCUT2D eigenvalue weighted by Crippen LogP contribution is -2.16. The molecule has 2 heterocycles. The molecular formula is C57H37NO2. The van der Waals surface area contributed by atoms with E-state index in [1.165, 1.54) is 43.8 Å². The van der Waals surface area contributed by atoms with Gasteiger partial charge in [-0.05, 0) is 109 Å². The van der Waals surface area contributed by atoms with E-state index in [1.807, 2.05) is 6.07 Å². The molecule has 0 aliphatic heterocycles. The summed E-state index contributed by atoms with van der Waals surface area (Å²) in [7, 11) is 0. The maximum Gasteiger partial charge on any atom is 0.159 e. The van der Waals surface area contributed by atoms with Crippen LogP contribution in [-0.4, -0.2) is 0 Å². The van der Waals surface area contributed by atoms with Crippen LogP contribution in [0.3, 0.4) is 0 Å². The van der Waals surface area contributed by atoms with E-state index in [4.69, 9.17) is 8.83 Å². The number of para-hydroxylation sites is 2. The van der Waals surface area contributed by atoms with Gasteiger partial charge >= 0.3 is 0 Å². The third kappa shape index (κ3) is 4.55. The fraction of sp³-hybridized carbons (Fsp3) is 0.0526. The molecule has 0 bridgehead atoms. The topological polar surface area (TPSA) is 29.5 Å². The van der Waals surface area contributed by atoms with E-state index < -0.39 is 0 Å². The van der Waals surface area contributed by atoms with Crippen molar-refractivity contribution in [3.05, 3.63) is 199 Å². The first-order valence-electron chi connectivity index (χ1n) is 20.8. The fourth-order valence-electron chi connectivity index (χ4n) is 10.5. The molecule has 3 heteroatoms. The van der Waals surface area contributed by atoms with Crippen LogP contribution < -0.4 is 4.90 Å². The van der Waals surface area contributed by atoms with Crippen LogP contribution in [0.2, 0.25) is 0 Å². The highest BCUT2D eigenvalue weighted by molar-refractivity contribution is 6.26. The Morgan fingerprint density at radius 2 is 1.00 bits per heavy atom. The minimum Gasteiger partial charge on any atom is -0.455 e. The molecule has 2 aromatic heterocycles. The molecular weight excluding hydrogens is 731 g/mol. The Balaban J connectivity index is 1.14. The van der Waals surface area contributed by atoms with Crippen LogP contribution in [0.5, 0.6) is 0 Å². The number of benzene rings is 10. The zero-order valence-corrected chi connectivity index (χ0v) is 33.2. The Labute approximate surface area is 346 Å². The lowest BCUT2D eigenvalue weighted by Gasteiger charge is -2.28. The van der Waals surface area contributed by atoms with E-state index in [2.05, 4.69) is 201 Å². The van der Waals surface area contributed by atoms with Crippen LogP contribution in [-0.2, 0) is 5.41 Å². The van der Waals surface area contributed by atoms with Crippen molar-refractivity contribution in [2.75, 3.05) is 4.90 Å². The molecule has 3 nitrogen and oxygen atoms in total. The Morgan fingerprint density at radius 3 is 1.87 bits per heavy atom. The average molecular weight is 768 g/mol. The number of anilines is 3. The first kappa shape index (κ1) is 33.4. The summed E-state index contributed by atoms with van der Waals surface area (Å²) in [5, 5.41) is 11.5. The lowest BCUT2D eigenvalue weighted by atomic mass is 9.82. The Kier molecular flexibility index (Phi) is 6.78. The van der Waals surface area contributed by atoms with Crippen LogP contribution in [0.15, 0.2) is 197 Å². The summed E-state index contributed by atoms with van der Waals surface area (Å²) >= 11 is 0. The van der Waals surface area contributed by atoms with Crippen molar-refractivity contribution >= 4 is 93.3 Å². The summed E-state index contributed by atoms with van der Waals surface area (Å²) < 4.78 is 14.0. The zero-order valence-electron chi connectivity index (χ0n) is 33.2. The number of nitrogens with zero attached hydrogens (tertiary/aromatic N) is 1. The predicted octanol–water partition coefficient (Wildman–Crippen LogP) is 16.4. The van der Waals surface area contributed by atoms with Crippen LogP contribution in [0.4, 0.5) is 17.1 Å². The standard InChI is InChI=1S/C57H37NO2/c1-57(2)47-24-11-9-21-41(47)42-30-29-36(33-48(42)57)58(50-26-13-23-44-43-22-10-12-27-51(43)59-55(44)50)49-25-14-28-52-54(49)46-32-35-16-4-6-18-38(35)53(56(46)60-52)45-31-34-15-3-5-17-37(34)39-19-7-8-20-40(39)45/h3-33H,1-2H3. The predicted molar refractivity (Wildman–Crippen MR) is 251 cm³/mol. The largest absolute Gasteiger partial charge is 0.455 e. The second kappa shape index (κ2) is 12.2. The van der Waals surface area contributed by atoms with E-state index in [-0.39, 0.29) is 5.41 Å². The molecule has 0 N–H and O–H groups in total.